The average molecular weight is 375 g/mol. The van der Waals surface area contributed by atoms with Crippen LogP contribution in [0.15, 0.2) is 18.6 Å². The molecule has 148 valence electrons. The molecule has 2 heterocycles. The van der Waals surface area contributed by atoms with Crippen molar-refractivity contribution in [3.05, 3.63) is 24.3 Å². The summed E-state index contributed by atoms with van der Waals surface area (Å²) in [6, 6.07) is 1.23. The van der Waals surface area contributed by atoms with E-state index in [2.05, 4.69) is 15.4 Å². The highest BCUT2D eigenvalue weighted by Gasteiger charge is 2.38. The van der Waals surface area contributed by atoms with Gasteiger partial charge in [-0.3, -0.25) is 14.6 Å². The van der Waals surface area contributed by atoms with Gasteiger partial charge >= 0.3 is 0 Å². The quantitative estimate of drug-likeness (QED) is 0.659. The summed E-state index contributed by atoms with van der Waals surface area (Å²) in [6.45, 7) is 0.872. The third-order valence-electron chi connectivity index (χ3n) is 5.55. The van der Waals surface area contributed by atoms with E-state index in [1.165, 1.54) is 24.2 Å². The van der Waals surface area contributed by atoms with Crippen LogP contribution in [0.25, 0.3) is 0 Å². The molecule has 8 nitrogen and oxygen atoms in total. The van der Waals surface area contributed by atoms with Gasteiger partial charge in [-0.1, -0.05) is 25.7 Å². The molecule has 1 saturated heterocycles. The first-order valence-corrected chi connectivity index (χ1v) is 9.78. The number of hydroxylamine groups is 2. The maximum atomic E-state index is 13.2. The molecular formula is C19H29N5O3. The number of aromatic nitrogens is 2. The van der Waals surface area contributed by atoms with Gasteiger partial charge in [0.15, 0.2) is 5.78 Å². The molecule has 3 rings (SSSR count). The van der Waals surface area contributed by atoms with E-state index in [1.54, 1.807) is 19.3 Å². The SMILES string of the molecule is CN(O)C[C@@H](CC1CCCC1)C(=O)N1NCC[C@H]1C(=O)Cc1ccncn1. The lowest BCUT2D eigenvalue weighted by molar-refractivity contribution is -0.149. The van der Waals surface area contributed by atoms with E-state index in [0.717, 1.165) is 24.3 Å². The van der Waals surface area contributed by atoms with Gasteiger partial charge in [0.2, 0.25) is 5.91 Å². The van der Waals surface area contributed by atoms with Gasteiger partial charge in [0.1, 0.15) is 12.4 Å². The van der Waals surface area contributed by atoms with E-state index in [1.807, 2.05) is 0 Å². The molecule has 8 heteroatoms. The Balaban J connectivity index is 1.66. The molecule has 0 radical (unpaired) electrons. The minimum Gasteiger partial charge on any atom is -0.314 e. The zero-order valence-electron chi connectivity index (χ0n) is 15.9. The Hall–Kier alpha value is -1.90. The van der Waals surface area contributed by atoms with Gasteiger partial charge in [-0.25, -0.2) is 15.4 Å². The molecule has 27 heavy (non-hydrogen) atoms. The van der Waals surface area contributed by atoms with E-state index in [0.29, 0.717) is 24.6 Å². The van der Waals surface area contributed by atoms with Crippen LogP contribution >= 0.6 is 0 Å². The van der Waals surface area contributed by atoms with E-state index < -0.39 is 6.04 Å². The minimum atomic E-state index is -0.484. The van der Waals surface area contributed by atoms with Crippen molar-refractivity contribution < 1.29 is 14.8 Å². The number of carbonyl (C=O) groups is 2. The summed E-state index contributed by atoms with van der Waals surface area (Å²) in [5.41, 5.74) is 3.74. The predicted octanol–water partition coefficient (Wildman–Crippen LogP) is 1.21. The van der Waals surface area contributed by atoms with Gasteiger partial charge < -0.3 is 5.21 Å². The summed E-state index contributed by atoms with van der Waals surface area (Å²) < 4.78 is 0. The zero-order valence-corrected chi connectivity index (χ0v) is 15.9. The highest BCUT2D eigenvalue weighted by molar-refractivity contribution is 5.91. The number of Topliss-reactive ketones (excluding diaryl/α,β-unsaturated/α-hetero) is 1. The molecule has 0 unspecified atom stereocenters. The monoisotopic (exact) mass is 375 g/mol. The van der Waals surface area contributed by atoms with Gasteiger partial charge in [-0.2, -0.15) is 5.06 Å². The van der Waals surface area contributed by atoms with E-state index in [4.69, 9.17) is 0 Å². The molecule has 1 aliphatic heterocycles. The maximum Gasteiger partial charge on any atom is 0.241 e. The van der Waals surface area contributed by atoms with E-state index in [9.17, 15) is 14.8 Å². The molecule has 0 aromatic carbocycles. The van der Waals surface area contributed by atoms with Crippen molar-refractivity contribution in [1.82, 2.24) is 25.5 Å². The van der Waals surface area contributed by atoms with Crippen molar-refractivity contribution >= 4 is 11.7 Å². The van der Waals surface area contributed by atoms with Crippen LogP contribution in [0.5, 0.6) is 0 Å². The van der Waals surface area contributed by atoms with Crippen LogP contribution in [0.1, 0.15) is 44.2 Å². The Bertz CT molecular complexity index is 633. The normalized spacial score (nSPS) is 21.7. The fourth-order valence-corrected chi connectivity index (χ4v) is 4.23. The highest BCUT2D eigenvalue weighted by Crippen LogP contribution is 2.31. The number of amides is 1. The number of ketones is 1. The van der Waals surface area contributed by atoms with Crippen LogP contribution in [-0.2, 0) is 16.0 Å². The van der Waals surface area contributed by atoms with E-state index >= 15 is 0 Å². The number of hydrogen-bond acceptors (Lipinski definition) is 7. The molecule has 1 amide bonds. The van der Waals surface area contributed by atoms with Crippen molar-refractivity contribution in [3.8, 4) is 0 Å². The third-order valence-corrected chi connectivity index (χ3v) is 5.55. The summed E-state index contributed by atoms with van der Waals surface area (Å²) in [5, 5.41) is 12.3. The molecule has 1 aromatic rings. The topological polar surface area (TPSA) is 98.7 Å². The molecule has 1 saturated carbocycles. The molecule has 1 aliphatic carbocycles. The Labute approximate surface area is 159 Å². The second-order valence-electron chi connectivity index (χ2n) is 7.69. The molecule has 0 spiro atoms. The zero-order chi connectivity index (χ0) is 19.2. The fraction of sp³-hybridized carbons (Fsp3) is 0.684. The highest BCUT2D eigenvalue weighted by atomic mass is 16.5. The molecule has 1 aromatic heterocycles. The molecule has 2 atom stereocenters. The molecule has 2 N–H and O–H groups in total. The lowest BCUT2D eigenvalue weighted by Crippen LogP contribution is -2.50. The largest absolute Gasteiger partial charge is 0.314 e. The lowest BCUT2D eigenvalue weighted by atomic mass is 9.91. The van der Waals surface area contributed by atoms with Crippen LogP contribution in [0.2, 0.25) is 0 Å². The van der Waals surface area contributed by atoms with Crippen LogP contribution < -0.4 is 5.43 Å². The van der Waals surface area contributed by atoms with Crippen molar-refractivity contribution in [2.24, 2.45) is 11.8 Å². The first-order chi connectivity index (χ1) is 13.0. The lowest BCUT2D eigenvalue weighted by Gasteiger charge is -2.30. The summed E-state index contributed by atoms with van der Waals surface area (Å²) >= 11 is 0. The van der Waals surface area contributed by atoms with E-state index in [-0.39, 0.29) is 30.6 Å². The van der Waals surface area contributed by atoms with Crippen LogP contribution in [-0.4, -0.2) is 63.1 Å². The van der Waals surface area contributed by atoms with Crippen LogP contribution in [0, 0.1) is 11.8 Å². The van der Waals surface area contributed by atoms with Crippen molar-refractivity contribution in [2.75, 3.05) is 20.1 Å². The smallest absolute Gasteiger partial charge is 0.241 e. The standard InChI is InChI=1S/C19H29N5O3/c1-23(27)12-15(10-14-4-2-3-5-14)19(26)24-17(7-9-22-24)18(25)11-16-6-8-20-13-21-16/h6,8,13-15,17,22,27H,2-5,7,9-12H2,1H3/t15-,17+/m1/s1. The second-order valence-corrected chi connectivity index (χ2v) is 7.69. The van der Waals surface area contributed by atoms with Gasteiger partial charge in [-0.05, 0) is 24.8 Å². The first-order valence-electron chi connectivity index (χ1n) is 9.78. The molecular weight excluding hydrogens is 346 g/mol. The van der Waals surface area contributed by atoms with Crippen LogP contribution in [0.4, 0.5) is 0 Å². The Morgan fingerprint density at radius 2 is 2.15 bits per heavy atom. The number of nitrogens with one attached hydrogen (secondary N) is 1. The van der Waals surface area contributed by atoms with Gasteiger partial charge in [0, 0.05) is 26.3 Å². The Kier molecular flexibility index (Phi) is 6.87. The predicted molar refractivity (Wildman–Crippen MR) is 98.5 cm³/mol. The van der Waals surface area contributed by atoms with Crippen molar-refractivity contribution in [1.29, 1.82) is 0 Å². The number of carbonyl (C=O) groups excluding carboxylic acids is 2. The summed E-state index contributed by atoms with van der Waals surface area (Å²) in [4.78, 5) is 33.9. The summed E-state index contributed by atoms with van der Waals surface area (Å²) in [7, 11) is 1.56. The van der Waals surface area contributed by atoms with Crippen molar-refractivity contribution in [2.45, 2.75) is 51.0 Å². The van der Waals surface area contributed by atoms with Gasteiger partial charge in [0.25, 0.3) is 0 Å². The third kappa shape index (κ3) is 5.31. The number of hydrogen-bond donors (Lipinski definition) is 2. The maximum absolute atomic E-state index is 13.2. The van der Waals surface area contributed by atoms with Gasteiger partial charge in [-0.15, -0.1) is 0 Å². The summed E-state index contributed by atoms with van der Waals surface area (Å²) in [6.07, 6.45) is 9.28. The Morgan fingerprint density at radius 3 is 2.81 bits per heavy atom. The Morgan fingerprint density at radius 1 is 1.37 bits per heavy atom. The fourth-order valence-electron chi connectivity index (χ4n) is 4.23. The summed E-state index contributed by atoms with van der Waals surface area (Å²) in [5.74, 6) is 0.0880. The molecule has 2 aliphatic rings. The van der Waals surface area contributed by atoms with Crippen molar-refractivity contribution in [3.63, 3.8) is 0 Å². The second kappa shape index (κ2) is 9.34. The first kappa shape index (κ1) is 19.9. The number of hydrazine groups is 1. The minimum absolute atomic E-state index is 0.0241. The number of nitrogens with zero attached hydrogens (tertiary/aromatic N) is 4. The van der Waals surface area contributed by atoms with Gasteiger partial charge in [0.05, 0.1) is 18.0 Å². The molecule has 0 bridgehead atoms. The average Bonchev–Trinajstić information content (AvgIpc) is 3.33. The number of rotatable bonds is 8. The van der Waals surface area contributed by atoms with Crippen LogP contribution in [0.3, 0.4) is 0 Å². The molecule has 2 fully saturated rings.